The first kappa shape index (κ1) is 26.5. The Morgan fingerprint density at radius 3 is 2.34 bits per heavy atom. The summed E-state index contributed by atoms with van der Waals surface area (Å²) >= 11 is 0. The molecule has 6 aliphatic rings. The lowest BCUT2D eigenvalue weighted by atomic mass is 9.39. The third kappa shape index (κ3) is 3.41. The van der Waals surface area contributed by atoms with E-state index in [1.165, 1.54) is 24.8 Å². The number of morpholine rings is 1. The summed E-state index contributed by atoms with van der Waals surface area (Å²) in [5, 5.41) is 9.88. The molecule has 38 heavy (non-hydrogen) atoms. The van der Waals surface area contributed by atoms with Gasteiger partial charge in [0.25, 0.3) is 0 Å². The number of rotatable bonds is 1. The Balaban J connectivity index is 1.42. The first-order valence-corrected chi connectivity index (χ1v) is 15.1. The van der Waals surface area contributed by atoms with Crippen molar-refractivity contribution in [3.05, 3.63) is 23.3 Å². The first-order chi connectivity index (χ1) is 17.8. The number of hydrogen-bond donors (Lipinski definition) is 0. The molecule has 1 heterocycles. The molecule has 7 unspecified atom stereocenters. The summed E-state index contributed by atoms with van der Waals surface area (Å²) in [4.78, 5) is 30.2. The van der Waals surface area contributed by atoms with Crippen LogP contribution in [0.2, 0.25) is 0 Å². The van der Waals surface area contributed by atoms with Crippen molar-refractivity contribution in [2.75, 3.05) is 26.3 Å². The molecule has 0 aromatic heterocycles. The van der Waals surface area contributed by atoms with E-state index in [0.29, 0.717) is 17.6 Å². The van der Waals surface area contributed by atoms with Crippen molar-refractivity contribution >= 4 is 11.6 Å². The minimum Gasteiger partial charge on any atom is -0.379 e. The lowest BCUT2D eigenvalue weighted by Crippen LogP contribution is -2.63. The molecule has 5 aliphatic carbocycles. The molecule has 0 spiro atoms. The molecular formula is C33H46N2O3. The Hall–Kier alpha value is -1.77. The maximum Gasteiger partial charge on any atom is 0.178 e. The van der Waals surface area contributed by atoms with Gasteiger partial charge in [0, 0.05) is 35.4 Å². The average Bonchev–Trinajstić information content (AvgIpc) is 2.88. The number of fused-ring (bicyclic) bond motifs is 7. The average molecular weight is 519 g/mol. The third-order valence-electron chi connectivity index (χ3n) is 13.0. The summed E-state index contributed by atoms with van der Waals surface area (Å²) in [6.45, 7) is 17.2. The number of carbonyl (C=O) groups excluding carboxylic acids is 2. The van der Waals surface area contributed by atoms with Gasteiger partial charge in [0.05, 0.1) is 18.8 Å². The SMILES string of the molecule is CC12CCC3C(C(=O)C=C4C5(C)C=C(C#N)C(=O)C(C)(C)C5CCC43C)C1C[C@@](C)(N1CCOCC1)CC2. The first-order valence-electron chi connectivity index (χ1n) is 15.1. The van der Waals surface area contributed by atoms with Crippen LogP contribution in [0.3, 0.4) is 0 Å². The van der Waals surface area contributed by atoms with Crippen molar-refractivity contribution in [3.63, 3.8) is 0 Å². The Bertz CT molecular complexity index is 1170. The van der Waals surface area contributed by atoms with Crippen LogP contribution in [0.1, 0.15) is 86.5 Å². The number of carbonyl (C=O) groups is 2. The Morgan fingerprint density at radius 1 is 0.947 bits per heavy atom. The third-order valence-corrected chi connectivity index (χ3v) is 13.0. The van der Waals surface area contributed by atoms with Gasteiger partial charge in [0.2, 0.25) is 0 Å². The summed E-state index contributed by atoms with van der Waals surface area (Å²) in [5.74, 6) is 1.18. The highest BCUT2D eigenvalue weighted by molar-refractivity contribution is 6.04. The van der Waals surface area contributed by atoms with E-state index in [4.69, 9.17) is 4.74 Å². The van der Waals surface area contributed by atoms with Crippen LogP contribution in [0.5, 0.6) is 0 Å². The largest absolute Gasteiger partial charge is 0.379 e. The number of hydrogen-bond acceptors (Lipinski definition) is 5. The monoisotopic (exact) mass is 518 g/mol. The van der Waals surface area contributed by atoms with Gasteiger partial charge in [-0.05, 0) is 86.5 Å². The smallest absolute Gasteiger partial charge is 0.178 e. The molecule has 0 radical (unpaired) electrons. The number of Topliss-reactive ketones (excluding diaryl/α,β-unsaturated/α-hetero) is 1. The second kappa shape index (κ2) is 8.37. The van der Waals surface area contributed by atoms with E-state index in [1.807, 2.05) is 26.0 Å². The van der Waals surface area contributed by atoms with Crippen molar-refractivity contribution in [2.45, 2.75) is 92.0 Å². The Morgan fingerprint density at radius 2 is 1.66 bits per heavy atom. The highest BCUT2D eigenvalue weighted by Crippen LogP contribution is 2.70. The van der Waals surface area contributed by atoms with Crippen LogP contribution in [0.25, 0.3) is 0 Å². The quantitative estimate of drug-likeness (QED) is 0.432. The van der Waals surface area contributed by atoms with Gasteiger partial charge in [-0.2, -0.15) is 5.26 Å². The zero-order valence-electron chi connectivity index (χ0n) is 24.4. The fourth-order valence-corrected chi connectivity index (χ4v) is 10.7. The van der Waals surface area contributed by atoms with Gasteiger partial charge >= 0.3 is 0 Å². The molecule has 1 aliphatic heterocycles. The number of ketones is 2. The molecular weight excluding hydrogens is 472 g/mol. The van der Waals surface area contributed by atoms with Crippen LogP contribution >= 0.6 is 0 Å². The van der Waals surface area contributed by atoms with Crippen molar-refractivity contribution in [1.29, 1.82) is 5.26 Å². The molecule has 5 heteroatoms. The maximum atomic E-state index is 14.3. The fraction of sp³-hybridized carbons (Fsp3) is 0.788. The molecule has 1 saturated heterocycles. The number of nitriles is 1. The van der Waals surface area contributed by atoms with Crippen LogP contribution in [-0.2, 0) is 14.3 Å². The zero-order chi connectivity index (χ0) is 27.3. The lowest BCUT2D eigenvalue weighted by molar-refractivity contribution is -0.151. The fourth-order valence-electron chi connectivity index (χ4n) is 10.7. The van der Waals surface area contributed by atoms with Crippen molar-refractivity contribution in [3.8, 4) is 6.07 Å². The minimum atomic E-state index is -0.606. The van der Waals surface area contributed by atoms with Crippen molar-refractivity contribution < 1.29 is 14.3 Å². The molecule has 3 saturated carbocycles. The van der Waals surface area contributed by atoms with E-state index in [0.717, 1.165) is 52.0 Å². The van der Waals surface area contributed by atoms with E-state index < -0.39 is 10.8 Å². The van der Waals surface area contributed by atoms with Crippen molar-refractivity contribution in [2.24, 2.45) is 45.3 Å². The van der Waals surface area contributed by atoms with Gasteiger partial charge in [-0.15, -0.1) is 0 Å². The molecule has 5 nitrogen and oxygen atoms in total. The molecule has 6 rings (SSSR count). The van der Waals surface area contributed by atoms with Gasteiger partial charge in [-0.3, -0.25) is 14.5 Å². The van der Waals surface area contributed by atoms with E-state index in [1.54, 1.807) is 0 Å². The number of ether oxygens (including phenoxy) is 1. The van der Waals surface area contributed by atoms with Crippen LogP contribution in [0.15, 0.2) is 23.3 Å². The van der Waals surface area contributed by atoms with Gasteiger partial charge in [-0.25, -0.2) is 0 Å². The maximum absolute atomic E-state index is 14.3. The second-order valence-corrected chi connectivity index (χ2v) is 15.2. The molecule has 0 aromatic rings. The summed E-state index contributed by atoms with van der Waals surface area (Å²) in [7, 11) is 0. The molecule has 0 N–H and O–H groups in total. The van der Waals surface area contributed by atoms with Crippen LogP contribution < -0.4 is 0 Å². The van der Waals surface area contributed by atoms with E-state index >= 15 is 0 Å². The summed E-state index contributed by atoms with van der Waals surface area (Å²) in [6.07, 6.45) is 11.7. The van der Waals surface area contributed by atoms with E-state index in [9.17, 15) is 14.9 Å². The summed E-state index contributed by atoms with van der Waals surface area (Å²) in [6, 6.07) is 2.21. The minimum absolute atomic E-state index is 0.0373. The predicted octanol–water partition coefficient (Wildman–Crippen LogP) is 5.90. The Kier molecular flexibility index (Phi) is 5.83. The van der Waals surface area contributed by atoms with Gasteiger partial charge < -0.3 is 4.74 Å². The van der Waals surface area contributed by atoms with Crippen LogP contribution in [-0.4, -0.2) is 48.3 Å². The predicted molar refractivity (Wildman–Crippen MR) is 147 cm³/mol. The topological polar surface area (TPSA) is 70.4 Å². The second-order valence-electron chi connectivity index (χ2n) is 15.2. The summed E-state index contributed by atoms with van der Waals surface area (Å²) < 4.78 is 5.68. The molecule has 0 aromatic carbocycles. The zero-order valence-corrected chi connectivity index (χ0v) is 24.4. The molecule has 8 atom stereocenters. The van der Waals surface area contributed by atoms with E-state index in [2.05, 4.69) is 38.7 Å². The molecule has 0 amide bonds. The lowest BCUT2D eigenvalue weighted by Gasteiger charge is -2.65. The normalized spacial score (nSPS) is 48.4. The van der Waals surface area contributed by atoms with Gasteiger partial charge in [0.1, 0.15) is 6.07 Å². The van der Waals surface area contributed by atoms with Crippen LogP contribution in [0.4, 0.5) is 0 Å². The van der Waals surface area contributed by atoms with Gasteiger partial charge in [0.15, 0.2) is 11.6 Å². The molecule has 206 valence electrons. The van der Waals surface area contributed by atoms with Crippen molar-refractivity contribution in [1.82, 2.24) is 4.90 Å². The highest BCUT2D eigenvalue weighted by Gasteiger charge is 2.65. The Labute approximate surface area is 229 Å². The molecule has 0 bridgehead atoms. The van der Waals surface area contributed by atoms with Crippen LogP contribution in [0, 0.1) is 56.7 Å². The highest BCUT2D eigenvalue weighted by atomic mass is 16.5. The summed E-state index contributed by atoms with van der Waals surface area (Å²) in [5.41, 5.74) is 0.707. The number of allylic oxidation sites excluding steroid dienone is 4. The van der Waals surface area contributed by atoms with E-state index in [-0.39, 0.29) is 39.6 Å². The number of nitrogens with zero attached hydrogens (tertiary/aromatic N) is 2. The molecule has 4 fully saturated rings. The standard InChI is InChI=1S/C33H46N2O3/c1-29(2)25-8-10-32(5)22-7-9-30(3)11-12-31(4,35-13-15-38-16-14-35)19-23(30)27(22)24(36)17-26(32)33(25,6)18-21(20-34)28(29)37/h17-18,22-23,25,27H,7-16,19H2,1-6H3/t22?,23?,25?,27?,30?,31-,32?,33?/m0/s1. The van der Waals surface area contributed by atoms with Gasteiger partial charge in [-0.1, -0.05) is 46.3 Å².